The lowest BCUT2D eigenvalue weighted by molar-refractivity contribution is -0.130. The summed E-state index contributed by atoms with van der Waals surface area (Å²) in [6, 6.07) is 1.96. The van der Waals surface area contributed by atoms with E-state index in [2.05, 4.69) is 20.2 Å². The number of aryl methyl sites for hydroxylation is 3. The smallest absolute Gasteiger partial charge is 0.227 e. The molecule has 0 unspecified atom stereocenters. The summed E-state index contributed by atoms with van der Waals surface area (Å²) < 4.78 is 7.05. The third-order valence-electron chi connectivity index (χ3n) is 4.16. The van der Waals surface area contributed by atoms with E-state index in [0.717, 1.165) is 17.0 Å². The molecule has 132 valence electrons. The van der Waals surface area contributed by atoms with Crippen LogP contribution in [0, 0.1) is 13.8 Å². The number of hydrogen-bond acceptors (Lipinski definition) is 6. The highest BCUT2D eigenvalue weighted by Crippen LogP contribution is 2.22. The lowest BCUT2D eigenvalue weighted by Crippen LogP contribution is -2.30. The van der Waals surface area contributed by atoms with Crippen molar-refractivity contribution in [2.24, 2.45) is 0 Å². The molecule has 0 aliphatic heterocycles. The van der Waals surface area contributed by atoms with Gasteiger partial charge in [-0.25, -0.2) is 9.50 Å². The first-order chi connectivity index (χ1) is 12.0. The Morgan fingerprint density at radius 3 is 2.72 bits per heavy atom. The van der Waals surface area contributed by atoms with Gasteiger partial charge < -0.3 is 9.42 Å². The Labute approximate surface area is 145 Å². The molecule has 8 nitrogen and oxygen atoms in total. The van der Waals surface area contributed by atoms with E-state index in [0.29, 0.717) is 43.3 Å². The first-order valence-corrected chi connectivity index (χ1v) is 8.46. The minimum absolute atomic E-state index is 0.0913. The molecule has 8 heteroatoms. The van der Waals surface area contributed by atoms with Gasteiger partial charge in [-0.15, -0.1) is 0 Å². The number of fused-ring (bicyclic) bond motifs is 1. The van der Waals surface area contributed by atoms with Crippen LogP contribution in [0.3, 0.4) is 0 Å². The number of aromatic nitrogens is 5. The first kappa shape index (κ1) is 17.1. The van der Waals surface area contributed by atoms with Crippen LogP contribution in [0.15, 0.2) is 16.8 Å². The molecule has 0 radical (unpaired) electrons. The molecule has 0 bridgehead atoms. The Hall–Kier alpha value is -2.77. The van der Waals surface area contributed by atoms with Crippen molar-refractivity contribution in [3.8, 4) is 11.4 Å². The van der Waals surface area contributed by atoms with E-state index in [9.17, 15) is 4.79 Å². The van der Waals surface area contributed by atoms with Crippen LogP contribution >= 0.6 is 0 Å². The summed E-state index contributed by atoms with van der Waals surface area (Å²) in [4.78, 5) is 22.8. The number of nitrogens with zero attached hydrogens (tertiary/aromatic N) is 6. The maximum Gasteiger partial charge on any atom is 0.227 e. The normalized spacial score (nSPS) is 11.2. The zero-order valence-corrected chi connectivity index (χ0v) is 15.0. The number of carbonyl (C=O) groups is 1. The van der Waals surface area contributed by atoms with Gasteiger partial charge in [-0.05, 0) is 33.8 Å². The zero-order chi connectivity index (χ0) is 18.0. The summed E-state index contributed by atoms with van der Waals surface area (Å²) in [7, 11) is 0. The van der Waals surface area contributed by atoms with Gasteiger partial charge in [0.2, 0.25) is 17.6 Å². The number of rotatable bonds is 6. The van der Waals surface area contributed by atoms with Gasteiger partial charge in [0, 0.05) is 37.3 Å². The fourth-order valence-corrected chi connectivity index (χ4v) is 2.84. The standard InChI is InChI=1S/C17H22N6O2/c1-5-22(6-2)15(24)8-7-14-20-16(21-25-14)13-10-18-23-12(4)9-11(3)19-17(13)23/h9-10H,5-8H2,1-4H3. The molecule has 3 rings (SSSR count). The van der Waals surface area contributed by atoms with Crippen LogP contribution in [0.1, 0.15) is 37.5 Å². The highest BCUT2D eigenvalue weighted by atomic mass is 16.5. The minimum atomic E-state index is 0.0913. The zero-order valence-electron chi connectivity index (χ0n) is 15.0. The fourth-order valence-electron chi connectivity index (χ4n) is 2.84. The van der Waals surface area contributed by atoms with E-state index in [4.69, 9.17) is 4.52 Å². The van der Waals surface area contributed by atoms with E-state index >= 15 is 0 Å². The average molecular weight is 342 g/mol. The van der Waals surface area contributed by atoms with Gasteiger partial charge in [0.15, 0.2) is 5.65 Å². The molecule has 0 N–H and O–H groups in total. The van der Waals surface area contributed by atoms with Crippen molar-refractivity contribution in [2.75, 3.05) is 13.1 Å². The molecule has 0 saturated carbocycles. The lowest BCUT2D eigenvalue weighted by Gasteiger charge is -2.17. The Balaban J connectivity index is 1.79. The molecule has 0 aromatic carbocycles. The monoisotopic (exact) mass is 342 g/mol. The number of amides is 1. The Kier molecular flexibility index (Phi) is 4.78. The molecule has 0 saturated heterocycles. The van der Waals surface area contributed by atoms with Gasteiger partial charge in [0.05, 0.1) is 11.8 Å². The minimum Gasteiger partial charge on any atom is -0.343 e. The summed E-state index contributed by atoms with van der Waals surface area (Å²) in [6.45, 7) is 9.25. The Morgan fingerprint density at radius 2 is 2.00 bits per heavy atom. The average Bonchev–Trinajstić information content (AvgIpc) is 3.20. The second-order valence-corrected chi connectivity index (χ2v) is 5.91. The Morgan fingerprint density at radius 1 is 1.24 bits per heavy atom. The highest BCUT2D eigenvalue weighted by molar-refractivity contribution is 5.76. The summed E-state index contributed by atoms with van der Waals surface area (Å²) in [5, 5.41) is 8.36. The van der Waals surface area contributed by atoms with Crippen molar-refractivity contribution < 1.29 is 9.32 Å². The van der Waals surface area contributed by atoms with Crippen LogP contribution in [-0.2, 0) is 11.2 Å². The molecular weight excluding hydrogens is 320 g/mol. The quantitative estimate of drug-likeness (QED) is 0.682. The number of hydrogen-bond donors (Lipinski definition) is 0. The SMILES string of the molecule is CCN(CC)C(=O)CCc1nc(-c2cnn3c(C)cc(C)nc23)no1. The molecule has 3 aromatic heterocycles. The third-order valence-corrected chi connectivity index (χ3v) is 4.16. The molecule has 0 aliphatic carbocycles. The Bertz CT molecular complexity index is 894. The number of carbonyl (C=O) groups excluding carboxylic acids is 1. The summed E-state index contributed by atoms with van der Waals surface area (Å²) in [5.41, 5.74) is 3.31. The predicted octanol–water partition coefficient (Wildman–Crippen LogP) is 2.20. The van der Waals surface area contributed by atoms with Crippen molar-refractivity contribution in [1.82, 2.24) is 29.6 Å². The summed E-state index contributed by atoms with van der Waals surface area (Å²) >= 11 is 0. The predicted molar refractivity (Wildman–Crippen MR) is 92.0 cm³/mol. The van der Waals surface area contributed by atoms with Crippen molar-refractivity contribution in [1.29, 1.82) is 0 Å². The topological polar surface area (TPSA) is 89.4 Å². The molecule has 3 aromatic rings. The molecule has 0 fully saturated rings. The molecule has 0 spiro atoms. The molecule has 1 amide bonds. The largest absolute Gasteiger partial charge is 0.343 e. The van der Waals surface area contributed by atoms with Crippen molar-refractivity contribution in [3.63, 3.8) is 0 Å². The maximum absolute atomic E-state index is 12.1. The van der Waals surface area contributed by atoms with Crippen LogP contribution < -0.4 is 0 Å². The van der Waals surface area contributed by atoms with Crippen LogP contribution in [-0.4, -0.2) is 48.6 Å². The third kappa shape index (κ3) is 3.38. The fraction of sp³-hybridized carbons (Fsp3) is 0.471. The van der Waals surface area contributed by atoms with Gasteiger partial charge in [-0.3, -0.25) is 4.79 Å². The van der Waals surface area contributed by atoms with Crippen molar-refractivity contribution in [2.45, 2.75) is 40.5 Å². The van der Waals surface area contributed by atoms with E-state index in [-0.39, 0.29) is 5.91 Å². The van der Waals surface area contributed by atoms with E-state index in [1.807, 2.05) is 33.8 Å². The molecular formula is C17H22N6O2. The molecule has 3 heterocycles. The van der Waals surface area contributed by atoms with Gasteiger partial charge in [0.1, 0.15) is 0 Å². The van der Waals surface area contributed by atoms with E-state index < -0.39 is 0 Å². The van der Waals surface area contributed by atoms with Gasteiger partial charge in [-0.2, -0.15) is 10.1 Å². The first-order valence-electron chi connectivity index (χ1n) is 8.46. The van der Waals surface area contributed by atoms with Gasteiger partial charge in [0.25, 0.3) is 0 Å². The van der Waals surface area contributed by atoms with Gasteiger partial charge >= 0.3 is 0 Å². The molecule has 0 atom stereocenters. The van der Waals surface area contributed by atoms with E-state index in [1.54, 1.807) is 15.6 Å². The maximum atomic E-state index is 12.1. The van der Waals surface area contributed by atoms with Crippen molar-refractivity contribution in [3.05, 3.63) is 29.5 Å². The molecule has 25 heavy (non-hydrogen) atoms. The van der Waals surface area contributed by atoms with Crippen molar-refractivity contribution >= 4 is 11.6 Å². The summed E-state index contributed by atoms with van der Waals surface area (Å²) in [6.07, 6.45) is 2.46. The van der Waals surface area contributed by atoms with Crippen LogP contribution in [0.25, 0.3) is 17.0 Å². The summed E-state index contributed by atoms with van der Waals surface area (Å²) in [5.74, 6) is 0.977. The van der Waals surface area contributed by atoms with Crippen LogP contribution in [0.4, 0.5) is 0 Å². The van der Waals surface area contributed by atoms with E-state index in [1.165, 1.54) is 0 Å². The van der Waals surface area contributed by atoms with Gasteiger partial charge in [-0.1, -0.05) is 5.16 Å². The second kappa shape index (κ2) is 7.00. The second-order valence-electron chi connectivity index (χ2n) is 5.91. The van der Waals surface area contributed by atoms with Crippen LogP contribution in [0.5, 0.6) is 0 Å². The van der Waals surface area contributed by atoms with Crippen LogP contribution in [0.2, 0.25) is 0 Å². The highest BCUT2D eigenvalue weighted by Gasteiger charge is 2.17. The molecule has 0 aliphatic rings. The lowest BCUT2D eigenvalue weighted by atomic mass is 10.2.